The molecule has 0 aliphatic rings. The van der Waals surface area contributed by atoms with Gasteiger partial charge in [-0.1, -0.05) is 38.1 Å². The van der Waals surface area contributed by atoms with E-state index in [2.05, 4.69) is 5.32 Å². The Labute approximate surface area is 163 Å². The molecule has 1 amide bonds. The molecule has 7 nitrogen and oxygen atoms in total. The highest BCUT2D eigenvalue weighted by Crippen LogP contribution is 2.28. The molecule has 2 aromatic carbocycles. The number of aryl methyl sites for hydroxylation is 1. The van der Waals surface area contributed by atoms with E-state index in [-0.39, 0.29) is 22.7 Å². The fourth-order valence-corrected chi connectivity index (χ4v) is 2.89. The van der Waals surface area contributed by atoms with Crippen molar-refractivity contribution in [2.75, 3.05) is 5.32 Å². The van der Waals surface area contributed by atoms with E-state index in [1.807, 2.05) is 39.0 Å². The predicted molar refractivity (Wildman–Crippen MR) is 107 cm³/mol. The van der Waals surface area contributed by atoms with E-state index >= 15 is 0 Å². The second-order valence-electron chi connectivity index (χ2n) is 6.94. The number of nitro benzene ring substituents is 1. The molecular formula is C21H24N2O5. The normalized spacial score (nSPS) is 11.8. The molecule has 0 aromatic heterocycles. The zero-order valence-corrected chi connectivity index (χ0v) is 16.6. The summed E-state index contributed by atoms with van der Waals surface area (Å²) in [6, 6.07) is 9.92. The number of nitrogens with one attached hydrogen (secondary N) is 1. The van der Waals surface area contributed by atoms with Gasteiger partial charge in [-0.25, -0.2) is 4.79 Å². The van der Waals surface area contributed by atoms with Crippen LogP contribution in [-0.4, -0.2) is 22.9 Å². The molecule has 7 heteroatoms. The monoisotopic (exact) mass is 384 g/mol. The number of anilines is 1. The van der Waals surface area contributed by atoms with Gasteiger partial charge < -0.3 is 10.1 Å². The number of amides is 1. The first kappa shape index (κ1) is 21.1. The number of ether oxygens (including phenoxy) is 1. The van der Waals surface area contributed by atoms with Gasteiger partial charge in [-0.3, -0.25) is 14.9 Å². The highest BCUT2D eigenvalue weighted by molar-refractivity contribution is 5.99. The lowest BCUT2D eigenvalue weighted by Crippen LogP contribution is -2.31. The van der Waals surface area contributed by atoms with Crippen LogP contribution in [0.1, 0.15) is 53.7 Å². The van der Waals surface area contributed by atoms with E-state index in [1.165, 1.54) is 32.0 Å². The number of esters is 1. The molecule has 0 spiro atoms. The number of para-hydroxylation sites is 1. The largest absolute Gasteiger partial charge is 0.449 e. The van der Waals surface area contributed by atoms with Crippen LogP contribution in [0.3, 0.4) is 0 Å². The van der Waals surface area contributed by atoms with Crippen molar-refractivity contribution >= 4 is 23.3 Å². The summed E-state index contributed by atoms with van der Waals surface area (Å²) in [5, 5.41) is 13.9. The Morgan fingerprint density at radius 2 is 1.71 bits per heavy atom. The predicted octanol–water partition coefficient (Wildman–Crippen LogP) is 4.52. The van der Waals surface area contributed by atoms with Crippen LogP contribution in [-0.2, 0) is 9.53 Å². The number of rotatable bonds is 6. The third-order valence-electron chi connectivity index (χ3n) is 4.55. The number of hydrogen-bond acceptors (Lipinski definition) is 5. The smallest absolute Gasteiger partial charge is 0.339 e. The average Bonchev–Trinajstić information content (AvgIpc) is 2.62. The summed E-state index contributed by atoms with van der Waals surface area (Å²) >= 11 is 0. The number of carbonyl (C=O) groups is 2. The average molecular weight is 384 g/mol. The van der Waals surface area contributed by atoms with Crippen molar-refractivity contribution in [2.24, 2.45) is 0 Å². The molecule has 0 aliphatic carbocycles. The molecule has 0 unspecified atom stereocenters. The standard InChI is InChI=1S/C21H24N2O5/c1-12(2)16-9-6-8-13(3)19(16)22-20(24)15(5)28-21(25)17-10-7-11-18(14(17)4)23(26)27/h6-12,15H,1-5H3,(H,22,24)/t15-/m0/s1. The van der Waals surface area contributed by atoms with Gasteiger partial charge in [0.1, 0.15) is 0 Å². The highest BCUT2D eigenvalue weighted by Gasteiger charge is 2.24. The van der Waals surface area contributed by atoms with Gasteiger partial charge in [-0.15, -0.1) is 0 Å². The molecule has 1 N–H and O–H groups in total. The van der Waals surface area contributed by atoms with Crippen LogP contribution < -0.4 is 5.32 Å². The third-order valence-corrected chi connectivity index (χ3v) is 4.55. The molecule has 0 fully saturated rings. The first-order chi connectivity index (χ1) is 13.1. The van der Waals surface area contributed by atoms with Gasteiger partial charge in [-0.2, -0.15) is 0 Å². The Morgan fingerprint density at radius 3 is 2.32 bits per heavy atom. The molecule has 0 radical (unpaired) electrons. The van der Waals surface area contributed by atoms with Crippen LogP contribution >= 0.6 is 0 Å². The minimum atomic E-state index is -1.06. The fourth-order valence-electron chi connectivity index (χ4n) is 2.89. The summed E-state index contributed by atoms with van der Waals surface area (Å²) in [6.45, 7) is 8.89. The molecular weight excluding hydrogens is 360 g/mol. The molecule has 0 heterocycles. The lowest BCUT2D eigenvalue weighted by Gasteiger charge is -2.19. The van der Waals surface area contributed by atoms with Crippen molar-refractivity contribution in [1.29, 1.82) is 0 Å². The molecule has 0 saturated carbocycles. The molecule has 0 bridgehead atoms. The van der Waals surface area contributed by atoms with Crippen molar-refractivity contribution in [3.05, 3.63) is 68.8 Å². The zero-order valence-electron chi connectivity index (χ0n) is 16.6. The number of carbonyl (C=O) groups excluding carboxylic acids is 2. The number of nitrogens with zero attached hydrogens (tertiary/aromatic N) is 1. The minimum Gasteiger partial charge on any atom is -0.449 e. The van der Waals surface area contributed by atoms with Crippen molar-refractivity contribution < 1.29 is 19.2 Å². The van der Waals surface area contributed by atoms with Crippen molar-refractivity contribution in [3.63, 3.8) is 0 Å². The van der Waals surface area contributed by atoms with E-state index in [0.29, 0.717) is 5.69 Å². The summed E-state index contributed by atoms with van der Waals surface area (Å²) in [4.78, 5) is 35.5. The molecule has 0 aliphatic heterocycles. The van der Waals surface area contributed by atoms with Crippen LogP contribution in [0.25, 0.3) is 0 Å². The minimum absolute atomic E-state index is 0.0626. The molecule has 0 saturated heterocycles. The molecule has 148 valence electrons. The topological polar surface area (TPSA) is 98.5 Å². The van der Waals surface area contributed by atoms with Gasteiger partial charge >= 0.3 is 5.97 Å². The summed E-state index contributed by atoms with van der Waals surface area (Å²) in [5.41, 5.74) is 2.69. The van der Waals surface area contributed by atoms with E-state index in [1.54, 1.807) is 0 Å². The van der Waals surface area contributed by atoms with Crippen molar-refractivity contribution in [3.8, 4) is 0 Å². The quantitative estimate of drug-likeness (QED) is 0.448. The second-order valence-corrected chi connectivity index (χ2v) is 6.94. The first-order valence-electron chi connectivity index (χ1n) is 8.98. The van der Waals surface area contributed by atoms with Gasteiger partial charge in [-0.05, 0) is 43.9 Å². The maximum atomic E-state index is 12.6. The lowest BCUT2D eigenvalue weighted by atomic mass is 9.98. The maximum Gasteiger partial charge on any atom is 0.339 e. The van der Waals surface area contributed by atoms with E-state index in [9.17, 15) is 19.7 Å². The Kier molecular flexibility index (Phi) is 6.51. The van der Waals surface area contributed by atoms with Crippen molar-refractivity contribution in [2.45, 2.75) is 46.6 Å². The summed E-state index contributed by atoms with van der Waals surface area (Å²) in [5.74, 6) is -1.04. The SMILES string of the molecule is Cc1cccc(C(C)C)c1NC(=O)[C@H](C)OC(=O)c1cccc([N+](=O)[O-])c1C. The van der Waals surface area contributed by atoms with Gasteiger partial charge in [0.05, 0.1) is 10.5 Å². The second kappa shape index (κ2) is 8.65. The van der Waals surface area contributed by atoms with Crippen LogP contribution in [0, 0.1) is 24.0 Å². The van der Waals surface area contributed by atoms with Gasteiger partial charge in [0.15, 0.2) is 6.10 Å². The van der Waals surface area contributed by atoms with Gasteiger partial charge in [0.25, 0.3) is 11.6 Å². The number of hydrogen-bond donors (Lipinski definition) is 1. The Balaban J connectivity index is 2.17. The first-order valence-corrected chi connectivity index (χ1v) is 8.98. The summed E-state index contributed by atoms with van der Waals surface area (Å²) < 4.78 is 5.25. The zero-order chi connectivity index (χ0) is 21.0. The Hall–Kier alpha value is -3.22. The van der Waals surface area contributed by atoms with Crippen molar-refractivity contribution in [1.82, 2.24) is 0 Å². The van der Waals surface area contributed by atoms with Crippen LogP contribution in [0.2, 0.25) is 0 Å². The number of benzene rings is 2. The van der Waals surface area contributed by atoms with E-state index < -0.39 is 22.9 Å². The molecule has 2 rings (SSSR count). The fraction of sp³-hybridized carbons (Fsp3) is 0.333. The maximum absolute atomic E-state index is 12.6. The Morgan fingerprint density at radius 1 is 1.07 bits per heavy atom. The van der Waals surface area contributed by atoms with Crippen LogP contribution in [0.4, 0.5) is 11.4 Å². The lowest BCUT2D eigenvalue weighted by molar-refractivity contribution is -0.385. The molecule has 2 aromatic rings. The van der Waals surface area contributed by atoms with E-state index in [0.717, 1.165) is 11.1 Å². The van der Waals surface area contributed by atoms with Gasteiger partial charge in [0.2, 0.25) is 0 Å². The van der Waals surface area contributed by atoms with Crippen LogP contribution in [0.15, 0.2) is 36.4 Å². The van der Waals surface area contributed by atoms with Gasteiger partial charge in [0, 0.05) is 17.3 Å². The summed E-state index contributed by atoms with van der Waals surface area (Å²) in [6.07, 6.45) is -1.06. The number of nitro groups is 1. The summed E-state index contributed by atoms with van der Waals surface area (Å²) in [7, 11) is 0. The highest BCUT2D eigenvalue weighted by atomic mass is 16.6. The van der Waals surface area contributed by atoms with E-state index in [4.69, 9.17) is 4.74 Å². The van der Waals surface area contributed by atoms with Crippen LogP contribution in [0.5, 0.6) is 0 Å². The Bertz CT molecular complexity index is 921. The molecule has 1 atom stereocenters. The third kappa shape index (κ3) is 4.54. The molecule has 28 heavy (non-hydrogen) atoms.